The number of para-hydroxylation sites is 1. The third-order valence-electron chi connectivity index (χ3n) is 4.33. The number of nitrogens with zero attached hydrogens (tertiary/aromatic N) is 2. The SMILES string of the molecule is COc1cc(C(=S)N2CCCC2)ccc1OC(=O)c1ccccc1[N+](=O)[O-]. The number of carbonyl (C=O) groups is 1. The van der Waals surface area contributed by atoms with Crippen molar-refractivity contribution in [3.63, 3.8) is 0 Å². The molecule has 1 heterocycles. The molecule has 0 amide bonds. The Morgan fingerprint density at radius 3 is 2.52 bits per heavy atom. The second-order valence-corrected chi connectivity index (χ2v) is 6.42. The highest BCUT2D eigenvalue weighted by Crippen LogP contribution is 2.31. The molecule has 8 heteroatoms. The number of ether oxygens (including phenoxy) is 2. The van der Waals surface area contributed by atoms with E-state index in [4.69, 9.17) is 21.7 Å². The van der Waals surface area contributed by atoms with Crippen LogP contribution in [-0.2, 0) is 0 Å². The van der Waals surface area contributed by atoms with Gasteiger partial charge in [0.1, 0.15) is 10.6 Å². The molecule has 27 heavy (non-hydrogen) atoms. The van der Waals surface area contributed by atoms with Crippen LogP contribution >= 0.6 is 12.2 Å². The lowest BCUT2D eigenvalue weighted by Gasteiger charge is -2.19. The average Bonchev–Trinajstić information content (AvgIpc) is 3.22. The summed E-state index contributed by atoms with van der Waals surface area (Å²) in [5.41, 5.74) is 0.365. The molecular weight excluding hydrogens is 368 g/mol. The van der Waals surface area contributed by atoms with Gasteiger partial charge in [-0.1, -0.05) is 24.4 Å². The van der Waals surface area contributed by atoms with Gasteiger partial charge in [0.25, 0.3) is 5.69 Å². The summed E-state index contributed by atoms with van der Waals surface area (Å²) >= 11 is 5.53. The standard InChI is InChI=1S/C19H18N2O5S/c1-25-17-12-13(18(27)20-10-4-5-11-20)8-9-16(17)26-19(22)14-6-2-3-7-15(14)21(23)24/h2-3,6-9,12H,4-5,10-11H2,1H3. The van der Waals surface area contributed by atoms with Crippen LogP contribution in [0.4, 0.5) is 5.69 Å². The zero-order chi connectivity index (χ0) is 19.4. The van der Waals surface area contributed by atoms with E-state index in [9.17, 15) is 14.9 Å². The van der Waals surface area contributed by atoms with Crippen LogP contribution in [0.1, 0.15) is 28.8 Å². The normalized spacial score (nSPS) is 13.3. The summed E-state index contributed by atoms with van der Waals surface area (Å²) in [7, 11) is 1.46. The summed E-state index contributed by atoms with van der Waals surface area (Å²) in [4.78, 5) is 25.8. The smallest absolute Gasteiger partial charge is 0.350 e. The molecule has 2 aromatic carbocycles. The molecule has 140 valence electrons. The molecule has 0 spiro atoms. The van der Waals surface area contributed by atoms with Crippen LogP contribution in [0.25, 0.3) is 0 Å². The maximum Gasteiger partial charge on any atom is 0.350 e. The molecule has 2 aromatic rings. The zero-order valence-electron chi connectivity index (χ0n) is 14.7. The van der Waals surface area contributed by atoms with E-state index in [0.717, 1.165) is 36.5 Å². The Bertz CT molecular complexity index is 893. The number of nitro benzene ring substituents is 1. The molecule has 0 unspecified atom stereocenters. The molecule has 1 aliphatic heterocycles. The van der Waals surface area contributed by atoms with Crippen LogP contribution in [-0.4, -0.2) is 41.0 Å². The molecule has 0 aromatic heterocycles. The van der Waals surface area contributed by atoms with E-state index in [2.05, 4.69) is 4.90 Å². The minimum absolute atomic E-state index is 0.124. The number of benzene rings is 2. The third-order valence-corrected chi connectivity index (χ3v) is 4.82. The lowest BCUT2D eigenvalue weighted by Crippen LogP contribution is -2.26. The predicted octanol–water partition coefficient (Wildman–Crippen LogP) is 3.59. The largest absolute Gasteiger partial charge is 0.493 e. The highest BCUT2D eigenvalue weighted by molar-refractivity contribution is 7.80. The van der Waals surface area contributed by atoms with Gasteiger partial charge >= 0.3 is 5.97 Å². The molecule has 0 N–H and O–H groups in total. The maximum atomic E-state index is 12.4. The number of rotatable bonds is 5. The van der Waals surface area contributed by atoms with E-state index >= 15 is 0 Å². The number of likely N-dealkylation sites (tertiary alicyclic amines) is 1. The molecule has 0 atom stereocenters. The van der Waals surface area contributed by atoms with Gasteiger partial charge in [0.15, 0.2) is 11.5 Å². The Hall–Kier alpha value is -3.00. The van der Waals surface area contributed by atoms with Crippen molar-refractivity contribution in [1.29, 1.82) is 0 Å². The van der Waals surface area contributed by atoms with Crippen molar-refractivity contribution in [2.24, 2.45) is 0 Å². The number of thiocarbonyl (C=S) groups is 1. The van der Waals surface area contributed by atoms with E-state index in [1.54, 1.807) is 24.3 Å². The fourth-order valence-corrected chi connectivity index (χ4v) is 3.26. The summed E-state index contributed by atoms with van der Waals surface area (Å²) in [5, 5.41) is 11.1. The van der Waals surface area contributed by atoms with Crippen molar-refractivity contribution in [2.75, 3.05) is 20.2 Å². The first kappa shape index (κ1) is 18.8. The van der Waals surface area contributed by atoms with Crippen molar-refractivity contribution < 1.29 is 19.2 Å². The van der Waals surface area contributed by atoms with Crippen molar-refractivity contribution in [1.82, 2.24) is 4.90 Å². The van der Waals surface area contributed by atoms with Crippen molar-refractivity contribution in [2.45, 2.75) is 12.8 Å². The summed E-state index contributed by atoms with van der Waals surface area (Å²) < 4.78 is 10.7. The molecule has 0 saturated carbocycles. The second kappa shape index (κ2) is 8.13. The van der Waals surface area contributed by atoms with Gasteiger partial charge in [-0.25, -0.2) is 4.79 Å². The van der Waals surface area contributed by atoms with E-state index in [0.29, 0.717) is 5.75 Å². The van der Waals surface area contributed by atoms with Crippen LogP contribution in [0.15, 0.2) is 42.5 Å². The molecule has 0 bridgehead atoms. The Morgan fingerprint density at radius 2 is 1.85 bits per heavy atom. The molecule has 1 fully saturated rings. The van der Waals surface area contributed by atoms with Gasteiger partial charge in [-0.2, -0.15) is 0 Å². The van der Waals surface area contributed by atoms with E-state index in [-0.39, 0.29) is 17.0 Å². The maximum absolute atomic E-state index is 12.4. The topological polar surface area (TPSA) is 81.9 Å². The van der Waals surface area contributed by atoms with Crippen molar-refractivity contribution in [3.05, 3.63) is 63.7 Å². The zero-order valence-corrected chi connectivity index (χ0v) is 15.5. The van der Waals surface area contributed by atoms with Gasteiger partial charge in [-0.15, -0.1) is 0 Å². The minimum Gasteiger partial charge on any atom is -0.493 e. The van der Waals surface area contributed by atoms with Gasteiger partial charge in [-0.3, -0.25) is 10.1 Å². The third kappa shape index (κ3) is 4.06. The molecule has 7 nitrogen and oxygen atoms in total. The van der Waals surface area contributed by atoms with E-state index in [1.807, 2.05) is 0 Å². The fourth-order valence-electron chi connectivity index (χ4n) is 2.95. The number of hydrogen-bond donors (Lipinski definition) is 0. The van der Waals surface area contributed by atoms with Gasteiger partial charge in [0.2, 0.25) is 0 Å². The monoisotopic (exact) mass is 386 g/mol. The lowest BCUT2D eigenvalue weighted by molar-refractivity contribution is -0.385. The van der Waals surface area contributed by atoms with Crippen molar-refractivity contribution in [3.8, 4) is 11.5 Å². The number of methoxy groups -OCH3 is 1. The van der Waals surface area contributed by atoms with Crippen LogP contribution in [0.5, 0.6) is 11.5 Å². The summed E-state index contributed by atoms with van der Waals surface area (Å²) in [5.74, 6) is -0.315. The van der Waals surface area contributed by atoms with Crippen molar-refractivity contribution >= 4 is 28.9 Å². The Morgan fingerprint density at radius 1 is 1.15 bits per heavy atom. The average molecular weight is 386 g/mol. The molecule has 0 radical (unpaired) electrons. The molecule has 1 saturated heterocycles. The summed E-state index contributed by atoms with van der Waals surface area (Å²) in [6.07, 6.45) is 2.23. The number of hydrogen-bond acceptors (Lipinski definition) is 6. The van der Waals surface area contributed by atoms with Crippen LogP contribution in [0, 0.1) is 10.1 Å². The lowest BCUT2D eigenvalue weighted by atomic mass is 10.1. The first-order chi connectivity index (χ1) is 13.0. The highest BCUT2D eigenvalue weighted by atomic mass is 32.1. The Labute approximate surface area is 161 Å². The minimum atomic E-state index is -0.824. The Balaban J connectivity index is 1.84. The predicted molar refractivity (Wildman–Crippen MR) is 104 cm³/mol. The first-order valence-corrected chi connectivity index (χ1v) is 8.85. The fraction of sp³-hybridized carbons (Fsp3) is 0.263. The van der Waals surface area contributed by atoms with Crippen LogP contribution in [0.3, 0.4) is 0 Å². The van der Waals surface area contributed by atoms with Gasteiger partial charge in [-0.05, 0) is 37.1 Å². The van der Waals surface area contributed by atoms with E-state index in [1.165, 1.54) is 25.3 Å². The summed E-state index contributed by atoms with van der Waals surface area (Å²) in [6.45, 7) is 1.85. The number of carbonyl (C=O) groups excluding carboxylic acids is 1. The molecule has 1 aliphatic rings. The summed E-state index contributed by atoms with van der Waals surface area (Å²) in [6, 6.07) is 10.7. The van der Waals surface area contributed by atoms with Gasteiger partial charge < -0.3 is 14.4 Å². The van der Waals surface area contributed by atoms with Crippen LogP contribution in [0.2, 0.25) is 0 Å². The number of esters is 1. The molecule has 0 aliphatic carbocycles. The van der Waals surface area contributed by atoms with Gasteiger partial charge in [0.05, 0.1) is 12.0 Å². The second-order valence-electron chi connectivity index (χ2n) is 6.03. The Kier molecular flexibility index (Phi) is 5.66. The first-order valence-electron chi connectivity index (χ1n) is 8.44. The quantitative estimate of drug-likeness (QED) is 0.255. The number of nitro groups is 1. The van der Waals surface area contributed by atoms with Crippen LogP contribution < -0.4 is 9.47 Å². The molecule has 3 rings (SSSR count). The molecular formula is C19H18N2O5S. The van der Waals surface area contributed by atoms with E-state index < -0.39 is 10.9 Å². The highest BCUT2D eigenvalue weighted by Gasteiger charge is 2.23. The van der Waals surface area contributed by atoms with Gasteiger partial charge in [0, 0.05) is 24.7 Å².